The van der Waals surface area contributed by atoms with Crippen molar-refractivity contribution in [3.63, 3.8) is 0 Å². The maximum absolute atomic E-state index is 12.9. The van der Waals surface area contributed by atoms with Gasteiger partial charge in [-0.15, -0.1) is 0 Å². The van der Waals surface area contributed by atoms with Crippen molar-refractivity contribution < 1.29 is 19.0 Å². The summed E-state index contributed by atoms with van der Waals surface area (Å²) in [7, 11) is 0. The fourth-order valence-electron chi connectivity index (χ4n) is 4.04. The number of amides is 1. The quantitative estimate of drug-likeness (QED) is 0.835. The van der Waals surface area contributed by atoms with E-state index in [-0.39, 0.29) is 12.5 Å². The minimum absolute atomic E-state index is 0.0199. The first-order valence-electron chi connectivity index (χ1n) is 9.21. The van der Waals surface area contributed by atoms with E-state index in [2.05, 4.69) is 18.2 Å². The first kappa shape index (κ1) is 15.6. The van der Waals surface area contributed by atoms with Crippen molar-refractivity contribution in [2.45, 2.75) is 24.9 Å². The molecule has 3 aliphatic heterocycles. The van der Waals surface area contributed by atoms with Crippen molar-refractivity contribution in [3.8, 4) is 17.2 Å². The third-order valence-corrected chi connectivity index (χ3v) is 5.47. The minimum Gasteiger partial charge on any atom is -0.493 e. The number of para-hydroxylation sites is 2. The molecule has 3 heterocycles. The molecule has 2 atom stereocenters. The van der Waals surface area contributed by atoms with Gasteiger partial charge in [-0.2, -0.15) is 0 Å². The molecule has 0 aromatic heterocycles. The molecule has 0 spiro atoms. The Morgan fingerprint density at radius 1 is 1.04 bits per heavy atom. The molecular formula is C21H21NO4. The highest BCUT2D eigenvalue weighted by Crippen LogP contribution is 2.35. The van der Waals surface area contributed by atoms with E-state index in [1.807, 2.05) is 29.2 Å². The van der Waals surface area contributed by atoms with Gasteiger partial charge in [-0.25, -0.2) is 0 Å². The van der Waals surface area contributed by atoms with Crippen LogP contribution >= 0.6 is 0 Å². The van der Waals surface area contributed by atoms with Crippen molar-refractivity contribution in [1.29, 1.82) is 0 Å². The Morgan fingerprint density at radius 3 is 2.85 bits per heavy atom. The zero-order chi connectivity index (χ0) is 17.5. The molecule has 0 bridgehead atoms. The maximum Gasteiger partial charge on any atom is 0.267 e. The number of likely N-dealkylation sites (tertiary alicyclic amines) is 1. The number of rotatable bonds is 2. The lowest BCUT2D eigenvalue weighted by atomic mass is 9.96. The Morgan fingerprint density at radius 2 is 1.92 bits per heavy atom. The van der Waals surface area contributed by atoms with Gasteiger partial charge >= 0.3 is 0 Å². The molecule has 134 valence electrons. The lowest BCUT2D eigenvalue weighted by molar-refractivity contribution is -0.140. The Labute approximate surface area is 152 Å². The summed E-state index contributed by atoms with van der Waals surface area (Å²) in [5, 5.41) is 0. The predicted octanol–water partition coefficient (Wildman–Crippen LogP) is 2.78. The smallest absolute Gasteiger partial charge is 0.267 e. The van der Waals surface area contributed by atoms with E-state index >= 15 is 0 Å². The summed E-state index contributed by atoms with van der Waals surface area (Å²) in [5.41, 5.74) is 2.59. The molecule has 3 aliphatic rings. The summed E-state index contributed by atoms with van der Waals surface area (Å²) in [6.45, 7) is 2.54. The second kappa shape index (κ2) is 6.24. The van der Waals surface area contributed by atoms with Crippen molar-refractivity contribution in [1.82, 2.24) is 4.90 Å². The summed E-state index contributed by atoms with van der Waals surface area (Å²) in [5.74, 6) is 2.75. The summed E-state index contributed by atoms with van der Waals surface area (Å²) in [4.78, 5) is 14.8. The zero-order valence-corrected chi connectivity index (χ0v) is 14.5. The maximum atomic E-state index is 12.9. The molecule has 1 amide bonds. The van der Waals surface area contributed by atoms with Crippen LogP contribution in [0.2, 0.25) is 0 Å². The van der Waals surface area contributed by atoms with E-state index in [4.69, 9.17) is 14.2 Å². The number of hydrogen-bond donors (Lipinski definition) is 0. The monoisotopic (exact) mass is 351 g/mol. The molecule has 2 aromatic rings. The average Bonchev–Trinajstić information content (AvgIpc) is 3.35. The van der Waals surface area contributed by atoms with Crippen molar-refractivity contribution in [2.75, 3.05) is 26.3 Å². The van der Waals surface area contributed by atoms with Gasteiger partial charge in [0.05, 0.1) is 6.61 Å². The number of benzene rings is 2. The number of hydrogen-bond acceptors (Lipinski definition) is 4. The van der Waals surface area contributed by atoms with Crippen LogP contribution in [-0.2, 0) is 11.2 Å². The van der Waals surface area contributed by atoms with Gasteiger partial charge in [0.15, 0.2) is 11.5 Å². The van der Waals surface area contributed by atoms with E-state index in [0.717, 1.165) is 38.3 Å². The molecular weight excluding hydrogens is 330 g/mol. The SMILES string of the molecule is O=C([C@@H]1COc2ccccc2O1)N1CC[C@@H](c2ccc3c(c2)CCO3)C1. The van der Waals surface area contributed by atoms with Gasteiger partial charge in [0.2, 0.25) is 6.10 Å². The van der Waals surface area contributed by atoms with Crippen molar-refractivity contribution >= 4 is 5.91 Å². The van der Waals surface area contributed by atoms with Crippen LogP contribution in [0.3, 0.4) is 0 Å². The Hall–Kier alpha value is -2.69. The molecule has 5 rings (SSSR count). The lowest BCUT2D eigenvalue weighted by Gasteiger charge is -2.28. The first-order valence-corrected chi connectivity index (χ1v) is 9.21. The van der Waals surface area contributed by atoms with Crippen LogP contribution in [0.25, 0.3) is 0 Å². The highest BCUT2D eigenvalue weighted by atomic mass is 16.6. The molecule has 26 heavy (non-hydrogen) atoms. The average molecular weight is 351 g/mol. The predicted molar refractivity (Wildman–Crippen MR) is 95.9 cm³/mol. The van der Waals surface area contributed by atoms with E-state index in [1.54, 1.807) is 0 Å². The van der Waals surface area contributed by atoms with Gasteiger partial charge in [0.25, 0.3) is 5.91 Å². The van der Waals surface area contributed by atoms with Gasteiger partial charge < -0.3 is 19.1 Å². The van der Waals surface area contributed by atoms with Crippen LogP contribution in [0, 0.1) is 0 Å². The van der Waals surface area contributed by atoms with Crippen LogP contribution in [0.1, 0.15) is 23.5 Å². The topological polar surface area (TPSA) is 48.0 Å². The third-order valence-electron chi connectivity index (χ3n) is 5.47. The van der Waals surface area contributed by atoms with Crippen LogP contribution in [0.4, 0.5) is 0 Å². The van der Waals surface area contributed by atoms with Crippen LogP contribution < -0.4 is 14.2 Å². The number of fused-ring (bicyclic) bond motifs is 2. The minimum atomic E-state index is -0.558. The second-order valence-corrected chi connectivity index (χ2v) is 7.10. The van der Waals surface area contributed by atoms with Gasteiger partial charge in [-0.3, -0.25) is 4.79 Å². The molecule has 0 aliphatic carbocycles. The Bertz CT molecular complexity index is 850. The van der Waals surface area contributed by atoms with Gasteiger partial charge in [0.1, 0.15) is 12.4 Å². The number of nitrogens with zero attached hydrogens (tertiary/aromatic N) is 1. The standard InChI is InChI=1S/C21H21NO4/c23-21(20-13-25-18-3-1-2-4-19(18)26-20)22-9-7-16(12-22)14-5-6-17-15(11-14)8-10-24-17/h1-6,11,16,20H,7-10,12-13H2/t16-,20+/m1/s1. The summed E-state index contributed by atoms with van der Waals surface area (Å²) in [6, 6.07) is 13.9. The molecule has 0 radical (unpaired) electrons. The summed E-state index contributed by atoms with van der Waals surface area (Å²) >= 11 is 0. The lowest BCUT2D eigenvalue weighted by Crippen LogP contribution is -2.45. The molecule has 5 heteroatoms. The van der Waals surface area contributed by atoms with Gasteiger partial charge in [0, 0.05) is 25.4 Å². The normalized spacial score (nSPS) is 23.5. The largest absolute Gasteiger partial charge is 0.493 e. The van der Waals surface area contributed by atoms with E-state index < -0.39 is 6.10 Å². The fraction of sp³-hybridized carbons (Fsp3) is 0.381. The summed E-state index contributed by atoms with van der Waals surface area (Å²) in [6.07, 6.45) is 1.40. The Kier molecular flexibility index (Phi) is 3.73. The van der Waals surface area contributed by atoms with Crippen LogP contribution in [0.5, 0.6) is 17.2 Å². The number of carbonyl (C=O) groups excluding carboxylic acids is 1. The molecule has 0 unspecified atom stereocenters. The first-order chi connectivity index (χ1) is 12.8. The van der Waals surface area contributed by atoms with Gasteiger partial charge in [-0.1, -0.05) is 24.3 Å². The second-order valence-electron chi connectivity index (χ2n) is 7.10. The molecule has 1 fully saturated rings. The molecule has 5 nitrogen and oxygen atoms in total. The Balaban J connectivity index is 1.27. The highest BCUT2D eigenvalue weighted by molar-refractivity contribution is 5.82. The molecule has 0 saturated carbocycles. The van der Waals surface area contributed by atoms with Gasteiger partial charge in [-0.05, 0) is 35.7 Å². The van der Waals surface area contributed by atoms with E-state index in [1.165, 1.54) is 11.1 Å². The van der Waals surface area contributed by atoms with Crippen molar-refractivity contribution in [2.24, 2.45) is 0 Å². The zero-order valence-electron chi connectivity index (χ0n) is 14.5. The summed E-state index contributed by atoms with van der Waals surface area (Å²) < 4.78 is 17.2. The van der Waals surface area contributed by atoms with E-state index in [0.29, 0.717) is 17.4 Å². The molecule has 2 aromatic carbocycles. The van der Waals surface area contributed by atoms with Crippen LogP contribution in [-0.4, -0.2) is 43.2 Å². The van der Waals surface area contributed by atoms with Crippen LogP contribution in [0.15, 0.2) is 42.5 Å². The highest BCUT2D eigenvalue weighted by Gasteiger charge is 2.35. The molecule has 1 saturated heterocycles. The number of ether oxygens (including phenoxy) is 3. The number of carbonyl (C=O) groups is 1. The third kappa shape index (κ3) is 2.68. The fourth-order valence-corrected chi connectivity index (χ4v) is 4.04. The van der Waals surface area contributed by atoms with Crippen molar-refractivity contribution in [3.05, 3.63) is 53.6 Å². The molecule has 0 N–H and O–H groups in total. The van der Waals surface area contributed by atoms with E-state index in [9.17, 15) is 4.79 Å².